The van der Waals surface area contributed by atoms with Gasteiger partial charge in [-0.25, -0.2) is 4.39 Å². The third-order valence-corrected chi connectivity index (χ3v) is 4.29. The first-order valence-electron chi connectivity index (χ1n) is 8.11. The fourth-order valence-electron chi connectivity index (χ4n) is 3.15. The van der Waals surface area contributed by atoms with Gasteiger partial charge in [-0.15, -0.1) is 0 Å². The Labute approximate surface area is 137 Å². The molecule has 0 bridgehead atoms. The highest BCUT2D eigenvalue weighted by atomic mass is 19.1. The third kappa shape index (κ3) is 5.04. The van der Waals surface area contributed by atoms with E-state index in [1.165, 1.54) is 6.07 Å². The maximum atomic E-state index is 13.3. The van der Waals surface area contributed by atoms with Gasteiger partial charge in [0.25, 0.3) is 0 Å². The van der Waals surface area contributed by atoms with Gasteiger partial charge in [0, 0.05) is 26.7 Å². The molecule has 0 N–H and O–H groups in total. The molecule has 1 aromatic rings. The van der Waals surface area contributed by atoms with Gasteiger partial charge in [-0.3, -0.25) is 9.69 Å². The van der Waals surface area contributed by atoms with Crippen molar-refractivity contribution < 1.29 is 9.18 Å². The molecule has 1 fully saturated rings. The number of nitriles is 1. The molecule has 0 saturated carbocycles. The normalized spacial score (nSPS) is 19.8. The summed E-state index contributed by atoms with van der Waals surface area (Å²) in [5, 5.41) is 8.88. The summed E-state index contributed by atoms with van der Waals surface area (Å²) in [6.07, 6.45) is 1.84. The average molecular weight is 317 g/mol. The summed E-state index contributed by atoms with van der Waals surface area (Å²) in [4.78, 5) is 16.4. The topological polar surface area (TPSA) is 47.3 Å². The lowest BCUT2D eigenvalue weighted by molar-refractivity contribution is -0.136. The van der Waals surface area contributed by atoms with E-state index >= 15 is 0 Å². The van der Waals surface area contributed by atoms with E-state index in [2.05, 4.69) is 11.0 Å². The number of hydrogen-bond donors (Lipinski definition) is 0. The quantitative estimate of drug-likeness (QED) is 0.839. The second-order valence-corrected chi connectivity index (χ2v) is 6.45. The summed E-state index contributed by atoms with van der Waals surface area (Å²) >= 11 is 0. The molecule has 1 heterocycles. The molecule has 0 unspecified atom stereocenters. The first-order valence-corrected chi connectivity index (χ1v) is 8.11. The van der Waals surface area contributed by atoms with Crippen molar-refractivity contribution in [3.05, 3.63) is 35.6 Å². The van der Waals surface area contributed by atoms with Gasteiger partial charge in [0.2, 0.25) is 5.91 Å². The highest BCUT2D eigenvalue weighted by Crippen LogP contribution is 2.21. The monoisotopic (exact) mass is 317 g/mol. The fraction of sp³-hybridized carbons (Fsp3) is 0.556. The van der Waals surface area contributed by atoms with Crippen molar-refractivity contribution in [3.8, 4) is 6.07 Å². The van der Waals surface area contributed by atoms with Crippen LogP contribution in [0.5, 0.6) is 0 Å². The molecule has 23 heavy (non-hydrogen) atoms. The number of amides is 1. The van der Waals surface area contributed by atoms with E-state index in [9.17, 15) is 9.18 Å². The molecule has 4 nitrogen and oxygen atoms in total. The second-order valence-electron chi connectivity index (χ2n) is 6.45. The SMILES string of the molecule is C[C@H](C#N)CN(C)C(=O)[C@@H]1CCCN(Cc2cccc(F)c2)C1. The number of benzene rings is 1. The van der Waals surface area contributed by atoms with Crippen molar-refractivity contribution in [3.63, 3.8) is 0 Å². The van der Waals surface area contributed by atoms with E-state index in [1.807, 2.05) is 13.0 Å². The maximum absolute atomic E-state index is 13.3. The van der Waals surface area contributed by atoms with E-state index in [1.54, 1.807) is 24.1 Å². The zero-order chi connectivity index (χ0) is 16.8. The van der Waals surface area contributed by atoms with Crippen molar-refractivity contribution in [2.75, 3.05) is 26.7 Å². The number of nitrogens with zero attached hydrogens (tertiary/aromatic N) is 3. The summed E-state index contributed by atoms with van der Waals surface area (Å²) in [6.45, 7) is 4.58. The zero-order valence-corrected chi connectivity index (χ0v) is 13.8. The Morgan fingerprint density at radius 2 is 2.35 bits per heavy atom. The third-order valence-electron chi connectivity index (χ3n) is 4.29. The van der Waals surface area contributed by atoms with Gasteiger partial charge in [0.15, 0.2) is 0 Å². The van der Waals surface area contributed by atoms with Crippen LogP contribution >= 0.6 is 0 Å². The van der Waals surface area contributed by atoms with Gasteiger partial charge in [0.1, 0.15) is 5.82 Å². The summed E-state index contributed by atoms with van der Waals surface area (Å²) in [5.74, 6) is -0.308. The fourth-order valence-corrected chi connectivity index (χ4v) is 3.15. The number of halogens is 1. The van der Waals surface area contributed by atoms with Gasteiger partial charge in [-0.05, 0) is 44.0 Å². The number of likely N-dealkylation sites (tertiary alicyclic amines) is 1. The molecule has 1 saturated heterocycles. The van der Waals surface area contributed by atoms with Crippen LogP contribution in [-0.2, 0) is 11.3 Å². The maximum Gasteiger partial charge on any atom is 0.226 e. The van der Waals surface area contributed by atoms with Gasteiger partial charge in [0.05, 0.1) is 17.9 Å². The zero-order valence-electron chi connectivity index (χ0n) is 13.8. The van der Waals surface area contributed by atoms with Crippen LogP contribution in [0.15, 0.2) is 24.3 Å². The van der Waals surface area contributed by atoms with Crippen LogP contribution in [0.1, 0.15) is 25.3 Å². The van der Waals surface area contributed by atoms with Crippen molar-refractivity contribution >= 4 is 5.91 Å². The van der Waals surface area contributed by atoms with Gasteiger partial charge < -0.3 is 4.90 Å². The molecule has 5 heteroatoms. The van der Waals surface area contributed by atoms with E-state index in [-0.39, 0.29) is 23.6 Å². The molecule has 0 aromatic heterocycles. The molecule has 1 aliphatic heterocycles. The minimum Gasteiger partial charge on any atom is -0.344 e. The largest absolute Gasteiger partial charge is 0.344 e. The summed E-state index contributed by atoms with van der Waals surface area (Å²) in [5.41, 5.74) is 0.935. The standard InChI is InChI=1S/C18H24FN3O/c1-14(10-20)11-21(2)18(23)16-6-4-8-22(13-16)12-15-5-3-7-17(19)9-15/h3,5,7,9,14,16H,4,6,8,11-13H2,1-2H3/t14-,16-/m1/s1. The minimum absolute atomic E-state index is 0.0341. The Balaban J connectivity index is 1.92. The minimum atomic E-state index is -0.225. The molecule has 0 spiro atoms. The summed E-state index contributed by atoms with van der Waals surface area (Å²) < 4.78 is 13.3. The van der Waals surface area contributed by atoms with E-state index in [0.717, 1.165) is 24.9 Å². The first kappa shape index (κ1) is 17.4. The number of carbonyl (C=O) groups is 1. The van der Waals surface area contributed by atoms with Gasteiger partial charge in [-0.1, -0.05) is 12.1 Å². The Morgan fingerprint density at radius 1 is 1.57 bits per heavy atom. The lowest BCUT2D eigenvalue weighted by Crippen LogP contribution is -2.44. The number of rotatable bonds is 5. The van der Waals surface area contributed by atoms with Crippen LogP contribution in [-0.4, -0.2) is 42.4 Å². The van der Waals surface area contributed by atoms with Crippen LogP contribution in [0.3, 0.4) is 0 Å². The Kier molecular flexibility index (Phi) is 6.12. The van der Waals surface area contributed by atoms with Crippen molar-refractivity contribution in [2.24, 2.45) is 11.8 Å². The van der Waals surface area contributed by atoms with Crippen molar-refractivity contribution in [1.29, 1.82) is 5.26 Å². The molecule has 0 aliphatic carbocycles. The van der Waals surface area contributed by atoms with E-state index in [4.69, 9.17) is 5.26 Å². The van der Waals surface area contributed by atoms with Gasteiger partial charge >= 0.3 is 0 Å². The first-order chi connectivity index (χ1) is 11.0. The molecule has 1 amide bonds. The Morgan fingerprint density at radius 3 is 3.04 bits per heavy atom. The lowest BCUT2D eigenvalue weighted by atomic mass is 9.96. The van der Waals surface area contributed by atoms with Crippen LogP contribution in [0, 0.1) is 29.0 Å². The highest BCUT2D eigenvalue weighted by Gasteiger charge is 2.28. The molecule has 1 aromatic carbocycles. The van der Waals surface area contributed by atoms with Crippen LogP contribution in [0.25, 0.3) is 0 Å². The summed E-state index contributed by atoms with van der Waals surface area (Å²) in [7, 11) is 1.77. The average Bonchev–Trinajstić information content (AvgIpc) is 2.54. The van der Waals surface area contributed by atoms with Crippen molar-refractivity contribution in [1.82, 2.24) is 9.80 Å². The highest BCUT2D eigenvalue weighted by molar-refractivity contribution is 5.79. The predicted octanol–water partition coefficient (Wildman–Crippen LogP) is 2.66. The van der Waals surface area contributed by atoms with Crippen LogP contribution in [0.2, 0.25) is 0 Å². The van der Waals surface area contributed by atoms with E-state index in [0.29, 0.717) is 19.6 Å². The number of hydrogen-bond acceptors (Lipinski definition) is 3. The van der Waals surface area contributed by atoms with Crippen LogP contribution in [0.4, 0.5) is 4.39 Å². The van der Waals surface area contributed by atoms with Crippen molar-refractivity contribution in [2.45, 2.75) is 26.3 Å². The smallest absolute Gasteiger partial charge is 0.226 e. The molecule has 1 aliphatic rings. The Bertz CT molecular complexity index is 584. The van der Waals surface area contributed by atoms with Crippen LogP contribution < -0.4 is 0 Å². The molecule has 2 atom stereocenters. The molecular formula is C18H24FN3O. The molecule has 0 radical (unpaired) electrons. The molecule has 124 valence electrons. The predicted molar refractivity (Wildman–Crippen MR) is 86.8 cm³/mol. The number of piperidine rings is 1. The van der Waals surface area contributed by atoms with Gasteiger partial charge in [-0.2, -0.15) is 5.26 Å². The molecule has 2 rings (SSSR count). The summed E-state index contributed by atoms with van der Waals surface area (Å²) in [6, 6.07) is 8.78. The Hall–Kier alpha value is -1.93. The lowest BCUT2D eigenvalue weighted by Gasteiger charge is -2.34. The van der Waals surface area contributed by atoms with E-state index < -0.39 is 0 Å². The second kappa shape index (κ2) is 8.07. The number of carbonyl (C=O) groups excluding carboxylic acids is 1. The molecular weight excluding hydrogens is 293 g/mol.